The van der Waals surface area contributed by atoms with Gasteiger partial charge in [-0.2, -0.15) is 0 Å². The number of thiazole rings is 1. The van der Waals surface area contributed by atoms with Crippen molar-refractivity contribution < 1.29 is 22.4 Å². The zero-order chi connectivity index (χ0) is 22.6. The number of nitrogens with zero attached hydrogens (tertiary/aromatic N) is 1. The van der Waals surface area contributed by atoms with Crippen molar-refractivity contribution in [2.75, 3.05) is 11.9 Å². The van der Waals surface area contributed by atoms with Crippen molar-refractivity contribution >= 4 is 32.2 Å². The Morgan fingerprint density at radius 1 is 1.06 bits per heavy atom. The summed E-state index contributed by atoms with van der Waals surface area (Å²) >= 11 is 1.28. The minimum Gasteiger partial charge on any atom is -0.494 e. The van der Waals surface area contributed by atoms with E-state index in [0.29, 0.717) is 11.7 Å². The quantitative estimate of drug-likeness (QED) is 0.390. The molecule has 32 heavy (non-hydrogen) atoms. The molecule has 4 rings (SSSR count). The molecular formula is C23H20N2O5S2. The van der Waals surface area contributed by atoms with Gasteiger partial charge in [0.15, 0.2) is 20.7 Å². The lowest BCUT2D eigenvalue weighted by Gasteiger charge is -2.03. The summed E-state index contributed by atoms with van der Waals surface area (Å²) in [6.07, 6.45) is 0. The molecule has 0 aliphatic heterocycles. The first-order valence-electron chi connectivity index (χ1n) is 9.81. The number of furan rings is 1. The molecule has 0 saturated heterocycles. The third-order valence-electron chi connectivity index (χ3n) is 4.51. The smallest absolute Gasteiger partial charge is 0.293 e. The van der Waals surface area contributed by atoms with Gasteiger partial charge in [-0.3, -0.25) is 10.1 Å². The maximum absolute atomic E-state index is 12.5. The Bertz CT molecular complexity index is 1310. The van der Waals surface area contributed by atoms with Crippen molar-refractivity contribution in [3.05, 3.63) is 83.6 Å². The van der Waals surface area contributed by atoms with Crippen LogP contribution >= 0.6 is 11.3 Å². The van der Waals surface area contributed by atoms with Gasteiger partial charge in [0.05, 0.1) is 17.2 Å². The molecule has 7 nitrogen and oxygen atoms in total. The van der Waals surface area contributed by atoms with E-state index in [1.54, 1.807) is 18.2 Å². The molecule has 1 N–H and O–H groups in total. The molecule has 2 aromatic heterocycles. The van der Waals surface area contributed by atoms with Crippen LogP contribution in [0.2, 0.25) is 0 Å². The van der Waals surface area contributed by atoms with Crippen LogP contribution in [0.5, 0.6) is 5.75 Å². The molecule has 0 radical (unpaired) electrons. The SMILES string of the molecule is CCOc1ccc(-c2csc(NC(=O)c3ccc(CS(=O)(=O)c4ccccc4)o3)n2)cc1. The van der Waals surface area contributed by atoms with Gasteiger partial charge < -0.3 is 9.15 Å². The number of benzene rings is 2. The van der Waals surface area contributed by atoms with Crippen molar-refractivity contribution in [2.45, 2.75) is 17.6 Å². The predicted octanol–water partition coefficient (Wildman–Crippen LogP) is 5.03. The highest BCUT2D eigenvalue weighted by atomic mass is 32.2. The van der Waals surface area contributed by atoms with Crippen LogP contribution in [0.25, 0.3) is 11.3 Å². The molecule has 2 aromatic carbocycles. The van der Waals surface area contributed by atoms with Crippen molar-refractivity contribution in [2.24, 2.45) is 0 Å². The topological polar surface area (TPSA) is 98.5 Å². The fraction of sp³-hybridized carbons (Fsp3) is 0.130. The van der Waals surface area contributed by atoms with E-state index in [-0.39, 0.29) is 22.2 Å². The molecule has 164 valence electrons. The van der Waals surface area contributed by atoms with Crippen LogP contribution in [0.3, 0.4) is 0 Å². The summed E-state index contributed by atoms with van der Waals surface area (Å²) in [5.74, 6) is 0.154. The highest BCUT2D eigenvalue weighted by Crippen LogP contribution is 2.27. The van der Waals surface area contributed by atoms with E-state index in [1.807, 2.05) is 36.6 Å². The van der Waals surface area contributed by atoms with E-state index < -0.39 is 15.7 Å². The summed E-state index contributed by atoms with van der Waals surface area (Å²) in [6, 6.07) is 18.6. The molecule has 1 amide bonds. The molecule has 0 spiro atoms. The lowest BCUT2D eigenvalue weighted by atomic mass is 10.2. The Kier molecular flexibility index (Phi) is 6.38. The van der Waals surface area contributed by atoms with Gasteiger partial charge in [-0.15, -0.1) is 11.3 Å². The Morgan fingerprint density at radius 3 is 2.53 bits per heavy atom. The first-order valence-corrected chi connectivity index (χ1v) is 12.3. The molecular weight excluding hydrogens is 448 g/mol. The number of amides is 1. The number of hydrogen-bond donors (Lipinski definition) is 1. The largest absolute Gasteiger partial charge is 0.494 e. The molecule has 0 atom stereocenters. The van der Waals surface area contributed by atoms with Crippen LogP contribution in [0.15, 0.2) is 81.4 Å². The number of carbonyl (C=O) groups excluding carboxylic acids is 1. The van der Waals surface area contributed by atoms with Gasteiger partial charge in [-0.25, -0.2) is 13.4 Å². The normalized spacial score (nSPS) is 11.3. The molecule has 2 heterocycles. The van der Waals surface area contributed by atoms with Gasteiger partial charge in [0.1, 0.15) is 17.3 Å². The average Bonchev–Trinajstić information content (AvgIpc) is 3.45. The Balaban J connectivity index is 1.41. The average molecular weight is 469 g/mol. The van der Waals surface area contributed by atoms with E-state index in [4.69, 9.17) is 9.15 Å². The first kappa shape index (κ1) is 21.8. The van der Waals surface area contributed by atoms with E-state index in [2.05, 4.69) is 10.3 Å². The zero-order valence-corrected chi connectivity index (χ0v) is 18.8. The number of carbonyl (C=O) groups is 1. The minimum absolute atomic E-state index is 0.0149. The summed E-state index contributed by atoms with van der Waals surface area (Å²) in [7, 11) is -3.56. The van der Waals surface area contributed by atoms with Crippen molar-refractivity contribution in [3.8, 4) is 17.0 Å². The Labute approximate surface area is 189 Å². The first-order chi connectivity index (χ1) is 15.4. The maximum Gasteiger partial charge on any atom is 0.293 e. The summed E-state index contributed by atoms with van der Waals surface area (Å²) < 4.78 is 35.9. The van der Waals surface area contributed by atoms with Gasteiger partial charge >= 0.3 is 0 Å². The molecule has 0 unspecified atom stereocenters. The van der Waals surface area contributed by atoms with E-state index >= 15 is 0 Å². The van der Waals surface area contributed by atoms with Gasteiger partial charge in [-0.05, 0) is 55.5 Å². The fourth-order valence-corrected chi connectivity index (χ4v) is 4.97. The van der Waals surface area contributed by atoms with Crippen LogP contribution < -0.4 is 10.1 Å². The van der Waals surface area contributed by atoms with E-state index in [0.717, 1.165) is 17.0 Å². The second-order valence-corrected chi connectivity index (χ2v) is 9.64. The summed E-state index contributed by atoms with van der Waals surface area (Å²) in [5.41, 5.74) is 1.62. The number of rotatable bonds is 8. The lowest BCUT2D eigenvalue weighted by Crippen LogP contribution is -2.10. The van der Waals surface area contributed by atoms with Crippen LogP contribution in [-0.2, 0) is 15.6 Å². The molecule has 4 aromatic rings. The van der Waals surface area contributed by atoms with Gasteiger partial charge in [0.25, 0.3) is 5.91 Å². The molecule has 0 aliphatic rings. The summed E-state index contributed by atoms with van der Waals surface area (Å²) in [6.45, 7) is 2.52. The standard InChI is InChI=1S/C23H20N2O5S2/c1-2-29-17-10-8-16(9-11-17)20-14-31-23(24-20)25-22(26)21-13-12-18(30-21)15-32(27,28)19-6-4-3-5-7-19/h3-14H,2,15H2,1H3,(H,24,25,26). The summed E-state index contributed by atoms with van der Waals surface area (Å²) in [5, 5.41) is 4.94. The van der Waals surface area contributed by atoms with Crippen LogP contribution in [0.4, 0.5) is 5.13 Å². The molecule has 0 aliphatic carbocycles. The number of anilines is 1. The maximum atomic E-state index is 12.5. The van der Waals surface area contributed by atoms with Crippen LogP contribution in [0, 0.1) is 0 Å². The molecule has 0 fully saturated rings. The van der Waals surface area contributed by atoms with Crippen LogP contribution in [0.1, 0.15) is 23.2 Å². The predicted molar refractivity (Wildman–Crippen MR) is 123 cm³/mol. The van der Waals surface area contributed by atoms with Gasteiger partial charge in [-0.1, -0.05) is 18.2 Å². The van der Waals surface area contributed by atoms with Crippen molar-refractivity contribution in [1.82, 2.24) is 4.98 Å². The van der Waals surface area contributed by atoms with Gasteiger partial charge in [0.2, 0.25) is 0 Å². The monoisotopic (exact) mass is 468 g/mol. The van der Waals surface area contributed by atoms with E-state index in [1.165, 1.54) is 35.6 Å². The van der Waals surface area contributed by atoms with Crippen molar-refractivity contribution in [3.63, 3.8) is 0 Å². The van der Waals surface area contributed by atoms with Crippen molar-refractivity contribution in [1.29, 1.82) is 0 Å². The Morgan fingerprint density at radius 2 is 1.81 bits per heavy atom. The third-order valence-corrected chi connectivity index (χ3v) is 6.92. The molecule has 9 heteroatoms. The van der Waals surface area contributed by atoms with Gasteiger partial charge in [0, 0.05) is 10.9 Å². The fourth-order valence-electron chi connectivity index (χ4n) is 2.99. The number of ether oxygens (including phenoxy) is 1. The zero-order valence-electron chi connectivity index (χ0n) is 17.1. The second kappa shape index (κ2) is 9.37. The third kappa shape index (κ3) is 5.06. The minimum atomic E-state index is -3.56. The molecule has 0 bridgehead atoms. The van der Waals surface area contributed by atoms with E-state index in [9.17, 15) is 13.2 Å². The second-order valence-electron chi connectivity index (χ2n) is 6.79. The number of hydrogen-bond acceptors (Lipinski definition) is 7. The summed E-state index contributed by atoms with van der Waals surface area (Å²) in [4.78, 5) is 17.2. The lowest BCUT2D eigenvalue weighted by molar-refractivity contribution is 0.0995. The number of nitrogens with one attached hydrogen (secondary N) is 1. The molecule has 0 saturated carbocycles. The highest BCUT2D eigenvalue weighted by Gasteiger charge is 2.20. The van der Waals surface area contributed by atoms with Crippen LogP contribution in [-0.4, -0.2) is 25.9 Å². The number of sulfone groups is 1. The highest BCUT2D eigenvalue weighted by molar-refractivity contribution is 7.90. The number of aromatic nitrogens is 1. The Hall–Kier alpha value is -3.43.